The van der Waals surface area contributed by atoms with Crippen LogP contribution in [0.15, 0.2) is 24.3 Å². The first-order valence-electron chi connectivity index (χ1n) is 23.7. The maximum Gasteiger partial charge on any atom is 0.163 e. The van der Waals surface area contributed by atoms with E-state index in [0.29, 0.717) is 0 Å². The van der Waals surface area contributed by atoms with Gasteiger partial charge in [-0.1, -0.05) is 207 Å². The van der Waals surface area contributed by atoms with Gasteiger partial charge in [-0.2, -0.15) is 0 Å². The lowest BCUT2D eigenvalue weighted by Gasteiger charge is -2.33. The molecule has 0 saturated carbocycles. The molecular formula is C48H90N2O3. The predicted octanol–water partition coefficient (Wildman–Crippen LogP) is 14.5. The number of fused-ring (bicyclic) bond motifs is 1. The Balaban J connectivity index is 1.70. The maximum absolute atomic E-state index is 6.80. The van der Waals surface area contributed by atoms with E-state index in [1.165, 1.54) is 180 Å². The molecule has 0 spiro atoms. The van der Waals surface area contributed by atoms with Crippen LogP contribution in [0.1, 0.15) is 220 Å². The van der Waals surface area contributed by atoms with Gasteiger partial charge < -0.3 is 14.2 Å². The van der Waals surface area contributed by atoms with Crippen molar-refractivity contribution in [3.05, 3.63) is 24.3 Å². The summed E-state index contributed by atoms with van der Waals surface area (Å²) < 4.78 is 19.9. The van der Waals surface area contributed by atoms with Crippen LogP contribution in [0.3, 0.4) is 0 Å². The van der Waals surface area contributed by atoms with Crippen LogP contribution in [0.4, 0.5) is 0 Å². The lowest BCUT2D eigenvalue weighted by atomic mass is 10.0. The van der Waals surface area contributed by atoms with Crippen molar-refractivity contribution in [2.75, 3.05) is 39.4 Å². The molecule has 53 heavy (non-hydrogen) atoms. The highest BCUT2D eigenvalue weighted by Gasteiger charge is 2.25. The average Bonchev–Trinajstić information content (AvgIpc) is 3.21. The van der Waals surface area contributed by atoms with Gasteiger partial charge in [-0.15, -0.1) is 0 Å². The van der Waals surface area contributed by atoms with Crippen molar-refractivity contribution in [3.8, 4) is 11.5 Å². The van der Waals surface area contributed by atoms with E-state index in [1.807, 2.05) is 0 Å². The third kappa shape index (κ3) is 24.8. The van der Waals surface area contributed by atoms with Gasteiger partial charge in [0.05, 0.1) is 13.2 Å². The molecule has 0 aliphatic carbocycles. The van der Waals surface area contributed by atoms with Gasteiger partial charge in [0.2, 0.25) is 0 Å². The number of unbranched alkanes of at least 4 members (excludes halogenated alkanes) is 26. The van der Waals surface area contributed by atoms with Gasteiger partial charge in [-0.25, -0.2) is 0 Å². The molecule has 1 heterocycles. The lowest BCUT2D eigenvalue weighted by Crippen LogP contribution is -2.41. The minimum Gasteiger partial charge on any atom is -0.471 e. The number of hydrogen-bond acceptors (Lipinski definition) is 5. The van der Waals surface area contributed by atoms with E-state index in [2.05, 4.69) is 61.8 Å². The summed E-state index contributed by atoms with van der Waals surface area (Å²) in [6.07, 6.45) is 40.8. The molecule has 0 bridgehead atoms. The van der Waals surface area contributed by atoms with Crippen LogP contribution in [0.2, 0.25) is 0 Å². The molecule has 5 heteroatoms. The van der Waals surface area contributed by atoms with Gasteiger partial charge in [0.25, 0.3) is 0 Å². The molecule has 5 nitrogen and oxygen atoms in total. The molecule has 0 aromatic heterocycles. The summed E-state index contributed by atoms with van der Waals surface area (Å²) in [5, 5.41) is 0. The molecule has 1 aliphatic rings. The smallest absolute Gasteiger partial charge is 0.163 e. The van der Waals surface area contributed by atoms with Gasteiger partial charge in [0.15, 0.2) is 24.0 Å². The Kier molecular flexibility index (Phi) is 31.7. The van der Waals surface area contributed by atoms with Crippen molar-refractivity contribution in [2.45, 2.75) is 233 Å². The molecule has 0 N–H and O–H groups in total. The van der Waals surface area contributed by atoms with Crippen molar-refractivity contribution in [3.63, 3.8) is 0 Å². The van der Waals surface area contributed by atoms with Crippen molar-refractivity contribution in [2.24, 2.45) is 0 Å². The highest BCUT2D eigenvalue weighted by Crippen LogP contribution is 2.31. The van der Waals surface area contributed by atoms with Crippen molar-refractivity contribution >= 4 is 0 Å². The van der Waals surface area contributed by atoms with E-state index in [9.17, 15) is 0 Å². The fraction of sp³-hybridized carbons (Fsp3) is 0.875. The van der Waals surface area contributed by atoms with E-state index in [4.69, 9.17) is 14.2 Å². The van der Waals surface area contributed by atoms with E-state index in [-0.39, 0.29) is 12.5 Å². The van der Waals surface area contributed by atoms with Crippen molar-refractivity contribution in [1.29, 1.82) is 0 Å². The highest BCUT2D eigenvalue weighted by atomic mass is 16.6. The summed E-state index contributed by atoms with van der Waals surface area (Å²) in [6, 6.07) is 8.37. The zero-order valence-electron chi connectivity index (χ0n) is 36.0. The Labute approximate surface area is 331 Å². The number of rotatable bonds is 34. The molecular weight excluding hydrogens is 653 g/mol. The summed E-state index contributed by atoms with van der Waals surface area (Å²) >= 11 is 0. The normalized spacial score (nSPS) is 16.7. The minimum absolute atomic E-state index is 0.00102. The first kappa shape index (κ1) is 47.9. The molecule has 2 atom stereocenters. The van der Waals surface area contributed by atoms with Gasteiger partial charge in [-0.05, 0) is 38.1 Å². The SMILES string of the molecule is CCCCCCCCCCCCCCCCN(CC)C1CCOCCC(N(CC)CCCCCCCCCCCCCCCC)Oc2ccccc2O1. The Morgan fingerprint density at radius 2 is 0.698 bits per heavy atom. The highest BCUT2D eigenvalue weighted by molar-refractivity contribution is 5.39. The van der Waals surface area contributed by atoms with E-state index >= 15 is 0 Å². The molecule has 1 aromatic rings. The topological polar surface area (TPSA) is 34.2 Å². The first-order chi connectivity index (χ1) is 26.2. The molecule has 2 unspecified atom stereocenters. The molecule has 1 aliphatic heterocycles. The van der Waals surface area contributed by atoms with Crippen LogP contribution in [-0.4, -0.2) is 61.6 Å². The van der Waals surface area contributed by atoms with Crippen molar-refractivity contribution < 1.29 is 14.2 Å². The van der Waals surface area contributed by atoms with E-state index < -0.39 is 0 Å². The second kappa shape index (κ2) is 35.1. The summed E-state index contributed by atoms with van der Waals surface area (Å²) in [6.45, 7) is 14.7. The summed E-state index contributed by atoms with van der Waals surface area (Å²) in [5.74, 6) is 1.74. The zero-order valence-corrected chi connectivity index (χ0v) is 36.0. The standard InChI is InChI=1S/C48H90N2O3/c1-5-9-11-13-15-17-19-21-23-25-27-29-31-35-41-49(7-3)47-39-43-51-44-40-48(53-46-38-34-33-37-45(46)52-47)50(8-4)42-36-32-30-28-26-24-22-20-18-16-14-12-10-6-2/h33-34,37-38,47-48H,5-32,35-36,39-44H2,1-4H3. The Bertz CT molecular complexity index is 842. The van der Waals surface area contributed by atoms with Gasteiger partial charge >= 0.3 is 0 Å². The molecule has 0 saturated heterocycles. The summed E-state index contributed by atoms with van der Waals surface area (Å²) in [5.41, 5.74) is 0. The lowest BCUT2D eigenvalue weighted by molar-refractivity contribution is -0.00846. The molecule has 310 valence electrons. The molecule has 0 amide bonds. The Morgan fingerprint density at radius 3 is 0.981 bits per heavy atom. The minimum atomic E-state index is 0.00102. The van der Waals surface area contributed by atoms with Gasteiger partial charge in [0, 0.05) is 25.9 Å². The number of ether oxygens (including phenoxy) is 3. The Hall–Kier alpha value is -1.30. The zero-order chi connectivity index (χ0) is 37.9. The number of benzene rings is 1. The quantitative estimate of drug-likeness (QED) is 0.0657. The van der Waals surface area contributed by atoms with Crippen LogP contribution in [-0.2, 0) is 4.74 Å². The molecule has 0 fully saturated rings. The van der Waals surface area contributed by atoms with E-state index in [1.54, 1.807) is 0 Å². The second-order valence-corrected chi connectivity index (χ2v) is 16.2. The van der Waals surface area contributed by atoms with E-state index in [0.717, 1.165) is 63.7 Å². The third-order valence-corrected chi connectivity index (χ3v) is 11.6. The predicted molar refractivity (Wildman–Crippen MR) is 230 cm³/mol. The average molecular weight is 743 g/mol. The number of hydrogen-bond donors (Lipinski definition) is 0. The maximum atomic E-state index is 6.80. The van der Waals surface area contributed by atoms with Crippen LogP contribution >= 0.6 is 0 Å². The third-order valence-electron chi connectivity index (χ3n) is 11.6. The second-order valence-electron chi connectivity index (χ2n) is 16.2. The van der Waals surface area contributed by atoms with Crippen LogP contribution in [0, 0.1) is 0 Å². The molecule has 2 rings (SSSR count). The van der Waals surface area contributed by atoms with Crippen LogP contribution < -0.4 is 9.47 Å². The largest absolute Gasteiger partial charge is 0.471 e. The fourth-order valence-electron chi connectivity index (χ4n) is 8.07. The molecule has 1 aromatic carbocycles. The Morgan fingerprint density at radius 1 is 0.415 bits per heavy atom. The monoisotopic (exact) mass is 743 g/mol. The summed E-state index contributed by atoms with van der Waals surface area (Å²) in [7, 11) is 0. The first-order valence-corrected chi connectivity index (χ1v) is 23.7. The number of nitrogens with zero attached hydrogens (tertiary/aromatic N) is 2. The fourth-order valence-corrected chi connectivity index (χ4v) is 8.07. The molecule has 0 radical (unpaired) electrons. The number of para-hydroxylation sites is 2. The van der Waals surface area contributed by atoms with Crippen LogP contribution in [0.25, 0.3) is 0 Å². The summed E-state index contributed by atoms with van der Waals surface area (Å²) in [4.78, 5) is 5.04. The van der Waals surface area contributed by atoms with Crippen LogP contribution in [0.5, 0.6) is 11.5 Å². The van der Waals surface area contributed by atoms with Gasteiger partial charge in [-0.3, -0.25) is 9.80 Å². The van der Waals surface area contributed by atoms with Crippen molar-refractivity contribution in [1.82, 2.24) is 9.80 Å². The van der Waals surface area contributed by atoms with Gasteiger partial charge in [0.1, 0.15) is 0 Å².